The minimum atomic E-state index is -3.86. The Morgan fingerprint density at radius 2 is 1.88 bits per heavy atom. The lowest BCUT2D eigenvalue weighted by Gasteiger charge is -2.09. The number of fused-ring (bicyclic) bond motifs is 1. The highest BCUT2D eigenvalue weighted by molar-refractivity contribution is 7.94. The number of ketones is 1. The molecule has 0 spiro atoms. The summed E-state index contributed by atoms with van der Waals surface area (Å²) in [6.07, 6.45) is -0.336. The van der Waals surface area contributed by atoms with E-state index < -0.39 is 38.4 Å². The fourth-order valence-electron chi connectivity index (χ4n) is 3.42. The molecular formula is C22H16ClFN2O5S2. The van der Waals surface area contributed by atoms with Gasteiger partial charge in [-0.05, 0) is 54.4 Å². The second-order valence-electron chi connectivity index (χ2n) is 7.44. The van der Waals surface area contributed by atoms with Crippen molar-refractivity contribution in [2.75, 3.05) is 5.75 Å². The number of rotatable bonds is 6. The number of H-pyrrole nitrogens is 1. The van der Waals surface area contributed by atoms with Crippen LogP contribution >= 0.6 is 22.9 Å². The first kappa shape index (κ1) is 23.1. The van der Waals surface area contributed by atoms with Crippen molar-refractivity contribution in [2.45, 2.75) is 17.6 Å². The van der Waals surface area contributed by atoms with Gasteiger partial charge < -0.3 is 4.98 Å². The Bertz CT molecular complexity index is 1640. The predicted octanol–water partition coefficient (Wildman–Crippen LogP) is 3.43. The van der Waals surface area contributed by atoms with Gasteiger partial charge in [0.15, 0.2) is 15.6 Å². The SMILES string of the molecule is Cc1ccc2c(=O)n(-c3ccc(CC(=O)CS(=O)(=O)c4ccc(Cl)s4)cc3F)c(=O)[nH]c2c1. The molecule has 170 valence electrons. The second-order valence-corrected chi connectivity index (χ2v) is 11.4. The maximum absolute atomic E-state index is 14.9. The van der Waals surface area contributed by atoms with Crippen LogP contribution in [0.1, 0.15) is 11.1 Å². The van der Waals surface area contributed by atoms with Crippen LogP contribution in [0, 0.1) is 12.7 Å². The number of aromatic amines is 1. The summed E-state index contributed by atoms with van der Waals surface area (Å²) in [4.78, 5) is 40.2. The fraction of sp³-hybridized carbons (Fsp3) is 0.136. The number of aromatic nitrogens is 2. The zero-order valence-electron chi connectivity index (χ0n) is 17.1. The summed E-state index contributed by atoms with van der Waals surface area (Å²) in [7, 11) is -3.86. The number of hydrogen-bond donors (Lipinski definition) is 1. The molecule has 0 aliphatic carbocycles. The van der Waals surface area contributed by atoms with Crippen molar-refractivity contribution >= 4 is 49.5 Å². The molecule has 0 fully saturated rings. The molecule has 2 aromatic carbocycles. The first-order chi connectivity index (χ1) is 15.5. The number of nitrogens with one attached hydrogen (secondary N) is 1. The van der Waals surface area contributed by atoms with E-state index in [-0.39, 0.29) is 31.6 Å². The number of halogens is 2. The first-order valence-corrected chi connectivity index (χ1v) is 12.4. The lowest BCUT2D eigenvalue weighted by Crippen LogP contribution is -2.34. The molecule has 0 bridgehead atoms. The van der Waals surface area contributed by atoms with Crippen molar-refractivity contribution in [3.63, 3.8) is 0 Å². The van der Waals surface area contributed by atoms with Gasteiger partial charge in [-0.25, -0.2) is 22.2 Å². The molecule has 11 heteroatoms. The van der Waals surface area contributed by atoms with Crippen LogP contribution in [0.4, 0.5) is 4.39 Å². The molecule has 0 atom stereocenters. The molecule has 2 heterocycles. The van der Waals surface area contributed by atoms with E-state index >= 15 is 0 Å². The van der Waals surface area contributed by atoms with E-state index in [1.807, 2.05) is 6.92 Å². The van der Waals surface area contributed by atoms with Crippen LogP contribution in [-0.2, 0) is 21.1 Å². The van der Waals surface area contributed by atoms with Crippen molar-refractivity contribution in [3.8, 4) is 5.69 Å². The van der Waals surface area contributed by atoms with Crippen molar-refractivity contribution in [1.29, 1.82) is 0 Å². The summed E-state index contributed by atoms with van der Waals surface area (Å²) in [6, 6.07) is 11.2. The van der Waals surface area contributed by atoms with E-state index in [0.29, 0.717) is 10.1 Å². The van der Waals surface area contributed by atoms with E-state index in [0.717, 1.165) is 23.0 Å². The van der Waals surface area contributed by atoms with E-state index in [9.17, 15) is 27.2 Å². The molecule has 7 nitrogen and oxygen atoms in total. The third-order valence-corrected chi connectivity index (χ3v) is 8.40. The number of thiophene rings is 1. The topological polar surface area (TPSA) is 106 Å². The van der Waals surface area contributed by atoms with Gasteiger partial charge >= 0.3 is 5.69 Å². The average molecular weight is 507 g/mol. The largest absolute Gasteiger partial charge is 0.333 e. The first-order valence-electron chi connectivity index (χ1n) is 9.59. The molecule has 4 aromatic rings. The fourth-order valence-corrected chi connectivity index (χ4v) is 6.23. The van der Waals surface area contributed by atoms with Crippen molar-refractivity contribution in [2.24, 2.45) is 0 Å². The Kier molecular flexibility index (Phi) is 6.08. The van der Waals surface area contributed by atoms with Crippen LogP contribution in [-0.4, -0.2) is 29.5 Å². The van der Waals surface area contributed by atoms with Crippen LogP contribution in [0.5, 0.6) is 0 Å². The number of nitrogens with zero attached hydrogens (tertiary/aromatic N) is 1. The maximum Gasteiger partial charge on any atom is 0.333 e. The molecule has 0 radical (unpaired) electrons. The van der Waals surface area contributed by atoms with Crippen LogP contribution in [0.15, 0.2) is 62.3 Å². The summed E-state index contributed by atoms with van der Waals surface area (Å²) >= 11 is 6.60. The van der Waals surface area contributed by atoms with E-state index in [1.54, 1.807) is 18.2 Å². The minimum Gasteiger partial charge on any atom is -0.306 e. The van der Waals surface area contributed by atoms with Crippen molar-refractivity contribution in [1.82, 2.24) is 9.55 Å². The van der Waals surface area contributed by atoms with Crippen molar-refractivity contribution in [3.05, 3.63) is 90.6 Å². The highest BCUT2D eigenvalue weighted by Gasteiger charge is 2.22. The van der Waals surface area contributed by atoms with Crippen molar-refractivity contribution < 1.29 is 17.6 Å². The molecule has 0 saturated carbocycles. The molecule has 2 aromatic heterocycles. The molecule has 0 aliphatic heterocycles. The zero-order chi connectivity index (χ0) is 23.9. The molecule has 1 N–H and O–H groups in total. The Morgan fingerprint density at radius 3 is 2.55 bits per heavy atom. The number of Topliss-reactive ketones (excluding diaryl/α,β-unsaturated/α-hetero) is 1. The minimum absolute atomic E-state index is 0.0209. The van der Waals surface area contributed by atoms with Gasteiger partial charge in [0, 0.05) is 6.42 Å². The summed E-state index contributed by atoms with van der Waals surface area (Å²) in [6.45, 7) is 1.81. The highest BCUT2D eigenvalue weighted by atomic mass is 35.5. The normalized spacial score (nSPS) is 11.7. The number of carbonyl (C=O) groups excluding carboxylic acids is 1. The van der Waals surface area contributed by atoms with Crippen LogP contribution in [0.25, 0.3) is 16.6 Å². The van der Waals surface area contributed by atoms with Gasteiger partial charge in [-0.15, -0.1) is 11.3 Å². The number of aryl methyl sites for hydroxylation is 1. The summed E-state index contributed by atoms with van der Waals surface area (Å²) < 4.78 is 40.5. The third-order valence-electron chi connectivity index (χ3n) is 4.91. The van der Waals surface area contributed by atoms with Gasteiger partial charge in [0.05, 0.1) is 20.9 Å². The van der Waals surface area contributed by atoms with E-state index in [1.165, 1.54) is 24.3 Å². The lowest BCUT2D eigenvalue weighted by atomic mass is 10.1. The third kappa shape index (κ3) is 4.68. The van der Waals surface area contributed by atoms with Gasteiger partial charge in [0.25, 0.3) is 5.56 Å². The van der Waals surface area contributed by atoms with Gasteiger partial charge in [0.2, 0.25) is 0 Å². The number of hydrogen-bond acceptors (Lipinski definition) is 6. The number of carbonyl (C=O) groups is 1. The Balaban J connectivity index is 1.62. The molecule has 0 amide bonds. The van der Waals surface area contributed by atoms with Crippen LogP contribution < -0.4 is 11.2 Å². The standard InChI is InChI=1S/C22H16ClFN2O5S2/c1-12-2-4-15-17(8-12)25-22(29)26(21(15)28)18-5-3-13(10-16(18)24)9-14(27)11-33(30,31)20-7-6-19(23)32-20/h2-8,10H,9,11H2,1H3,(H,25,29). The molecule has 0 saturated heterocycles. The number of benzene rings is 2. The average Bonchev–Trinajstić information content (AvgIpc) is 3.16. The van der Waals surface area contributed by atoms with Crippen LogP contribution in [0.2, 0.25) is 4.34 Å². The highest BCUT2D eigenvalue weighted by Crippen LogP contribution is 2.26. The monoisotopic (exact) mass is 506 g/mol. The quantitative estimate of drug-likeness (QED) is 0.431. The molecule has 0 aliphatic rings. The van der Waals surface area contributed by atoms with Gasteiger partial charge in [0.1, 0.15) is 15.8 Å². The second kappa shape index (κ2) is 8.69. The maximum atomic E-state index is 14.9. The van der Waals surface area contributed by atoms with E-state index in [4.69, 9.17) is 11.6 Å². The molecule has 4 rings (SSSR count). The Morgan fingerprint density at radius 1 is 1.12 bits per heavy atom. The predicted molar refractivity (Wildman–Crippen MR) is 125 cm³/mol. The molecular weight excluding hydrogens is 491 g/mol. The lowest BCUT2D eigenvalue weighted by molar-refractivity contribution is -0.116. The Labute approximate surface area is 196 Å². The number of sulfone groups is 1. The van der Waals surface area contributed by atoms with Gasteiger partial charge in [-0.1, -0.05) is 23.7 Å². The van der Waals surface area contributed by atoms with Gasteiger partial charge in [-0.2, -0.15) is 0 Å². The smallest absolute Gasteiger partial charge is 0.306 e. The summed E-state index contributed by atoms with van der Waals surface area (Å²) in [5.41, 5.74) is -0.363. The van der Waals surface area contributed by atoms with Gasteiger partial charge in [-0.3, -0.25) is 9.59 Å². The molecule has 0 unspecified atom stereocenters. The Hall–Kier alpha value is -3.08. The zero-order valence-corrected chi connectivity index (χ0v) is 19.5. The summed E-state index contributed by atoms with van der Waals surface area (Å²) in [5.74, 6) is -2.29. The van der Waals surface area contributed by atoms with E-state index in [2.05, 4.69) is 4.98 Å². The summed E-state index contributed by atoms with van der Waals surface area (Å²) in [5, 5.41) is 0.220. The molecule has 33 heavy (non-hydrogen) atoms. The van der Waals surface area contributed by atoms with Crippen LogP contribution in [0.3, 0.4) is 0 Å².